The molecule has 0 radical (unpaired) electrons. The van der Waals surface area contributed by atoms with Gasteiger partial charge in [-0.25, -0.2) is 4.99 Å². The SMILES string of the molecule is COc1ccc(CCNC(=NCC(=O)N(C)C)N2CCCC(C3(C)OCCO3)C2)cc1.I. The number of nitrogens with zero attached hydrogens (tertiary/aromatic N) is 3. The number of amides is 1. The highest BCUT2D eigenvalue weighted by Gasteiger charge is 2.42. The molecule has 1 unspecified atom stereocenters. The molecule has 2 heterocycles. The van der Waals surface area contributed by atoms with Gasteiger partial charge in [0.1, 0.15) is 12.3 Å². The molecule has 1 N–H and O–H groups in total. The first kappa shape index (κ1) is 26.7. The number of nitrogens with one attached hydrogen (secondary N) is 1. The molecule has 0 spiro atoms. The second kappa shape index (κ2) is 12.6. The summed E-state index contributed by atoms with van der Waals surface area (Å²) in [7, 11) is 5.17. The fraction of sp³-hybridized carbons (Fsp3) is 0.652. The zero-order chi connectivity index (χ0) is 22.3. The van der Waals surface area contributed by atoms with Crippen LogP contribution in [0.2, 0.25) is 0 Å². The molecule has 2 aliphatic heterocycles. The number of ether oxygens (including phenoxy) is 3. The van der Waals surface area contributed by atoms with E-state index >= 15 is 0 Å². The number of rotatable bonds is 7. The smallest absolute Gasteiger partial charge is 0.243 e. The van der Waals surface area contributed by atoms with Crippen LogP contribution in [0.25, 0.3) is 0 Å². The van der Waals surface area contributed by atoms with Crippen molar-refractivity contribution in [2.75, 3.05) is 60.6 Å². The van der Waals surface area contributed by atoms with Crippen LogP contribution < -0.4 is 10.1 Å². The van der Waals surface area contributed by atoms with E-state index < -0.39 is 5.79 Å². The Morgan fingerprint density at radius 2 is 1.97 bits per heavy atom. The average Bonchev–Trinajstić information content (AvgIpc) is 3.24. The molecule has 2 fully saturated rings. The highest BCUT2D eigenvalue weighted by molar-refractivity contribution is 14.0. The number of carbonyl (C=O) groups is 1. The van der Waals surface area contributed by atoms with Gasteiger partial charge in [0, 0.05) is 39.6 Å². The van der Waals surface area contributed by atoms with E-state index in [1.165, 1.54) is 5.56 Å². The number of hydrogen-bond acceptors (Lipinski definition) is 5. The number of halogens is 1. The van der Waals surface area contributed by atoms with E-state index in [2.05, 4.69) is 27.3 Å². The van der Waals surface area contributed by atoms with Crippen molar-refractivity contribution in [3.05, 3.63) is 29.8 Å². The van der Waals surface area contributed by atoms with Crippen molar-refractivity contribution in [1.82, 2.24) is 15.1 Å². The number of benzene rings is 1. The zero-order valence-electron chi connectivity index (χ0n) is 19.6. The quantitative estimate of drug-likeness (QED) is 0.314. The van der Waals surface area contributed by atoms with Crippen molar-refractivity contribution in [2.45, 2.75) is 32.0 Å². The monoisotopic (exact) mass is 560 g/mol. The molecule has 2 aliphatic rings. The molecule has 1 atom stereocenters. The van der Waals surface area contributed by atoms with Crippen LogP contribution in [0.5, 0.6) is 5.75 Å². The minimum Gasteiger partial charge on any atom is -0.497 e. The number of aliphatic imine (C=N–C) groups is 1. The number of likely N-dealkylation sites (N-methyl/N-ethyl adjacent to an activating group) is 1. The maximum atomic E-state index is 12.1. The lowest BCUT2D eigenvalue weighted by Gasteiger charge is -2.41. The summed E-state index contributed by atoms with van der Waals surface area (Å²) >= 11 is 0. The van der Waals surface area contributed by atoms with E-state index in [0.29, 0.717) is 13.2 Å². The largest absolute Gasteiger partial charge is 0.497 e. The van der Waals surface area contributed by atoms with Gasteiger partial charge in [0.05, 0.1) is 20.3 Å². The highest BCUT2D eigenvalue weighted by Crippen LogP contribution is 2.34. The van der Waals surface area contributed by atoms with Crippen LogP contribution in [0.4, 0.5) is 0 Å². The fourth-order valence-corrected chi connectivity index (χ4v) is 4.03. The number of piperidine rings is 1. The second-order valence-corrected chi connectivity index (χ2v) is 8.45. The van der Waals surface area contributed by atoms with Gasteiger partial charge in [0.15, 0.2) is 11.7 Å². The maximum Gasteiger partial charge on any atom is 0.243 e. The van der Waals surface area contributed by atoms with Gasteiger partial charge in [-0.15, -0.1) is 24.0 Å². The van der Waals surface area contributed by atoms with Crippen LogP contribution in [-0.2, 0) is 20.7 Å². The van der Waals surface area contributed by atoms with Gasteiger partial charge >= 0.3 is 0 Å². The van der Waals surface area contributed by atoms with Gasteiger partial charge < -0.3 is 29.3 Å². The van der Waals surface area contributed by atoms with Crippen LogP contribution in [0.15, 0.2) is 29.3 Å². The first-order chi connectivity index (χ1) is 14.9. The first-order valence-corrected chi connectivity index (χ1v) is 11.1. The lowest BCUT2D eigenvalue weighted by molar-refractivity contribution is -0.189. The van der Waals surface area contributed by atoms with Crippen molar-refractivity contribution in [3.63, 3.8) is 0 Å². The van der Waals surface area contributed by atoms with E-state index in [4.69, 9.17) is 14.2 Å². The van der Waals surface area contributed by atoms with Gasteiger partial charge in [0.25, 0.3) is 0 Å². The predicted octanol–water partition coefficient (Wildman–Crippen LogP) is 2.36. The topological polar surface area (TPSA) is 75.6 Å². The van der Waals surface area contributed by atoms with Gasteiger partial charge in [0.2, 0.25) is 5.91 Å². The Morgan fingerprint density at radius 3 is 2.59 bits per heavy atom. The number of methoxy groups -OCH3 is 1. The Balaban J connectivity index is 0.00000363. The van der Waals surface area contributed by atoms with E-state index in [1.807, 2.05) is 19.1 Å². The van der Waals surface area contributed by atoms with Crippen LogP contribution in [0.3, 0.4) is 0 Å². The summed E-state index contributed by atoms with van der Waals surface area (Å²) in [6, 6.07) is 8.08. The van der Waals surface area contributed by atoms with Crippen molar-refractivity contribution in [1.29, 1.82) is 0 Å². The third-order valence-electron chi connectivity index (χ3n) is 6.04. The maximum absolute atomic E-state index is 12.1. The summed E-state index contributed by atoms with van der Waals surface area (Å²) in [5.74, 6) is 1.34. The molecule has 180 valence electrons. The molecule has 0 aliphatic carbocycles. The van der Waals surface area contributed by atoms with Gasteiger partial charge in [-0.3, -0.25) is 4.79 Å². The summed E-state index contributed by atoms with van der Waals surface area (Å²) in [6.07, 6.45) is 2.95. The summed E-state index contributed by atoms with van der Waals surface area (Å²) in [4.78, 5) is 20.6. The summed E-state index contributed by atoms with van der Waals surface area (Å²) in [6.45, 7) is 5.88. The van der Waals surface area contributed by atoms with E-state index in [-0.39, 0.29) is 42.3 Å². The number of guanidine groups is 1. The van der Waals surface area contributed by atoms with Crippen LogP contribution >= 0.6 is 24.0 Å². The third-order valence-corrected chi connectivity index (χ3v) is 6.04. The molecule has 0 aromatic heterocycles. The average molecular weight is 560 g/mol. The lowest BCUT2D eigenvalue weighted by Crippen LogP contribution is -2.52. The third kappa shape index (κ3) is 7.21. The molecule has 3 rings (SSSR count). The molecule has 0 bridgehead atoms. The standard InChI is InChI=1S/C23H36N4O4.HI/c1-23(30-14-15-31-23)19-6-5-13-27(17-19)22(25-16-21(28)26(2)3)24-12-11-18-7-9-20(29-4)10-8-18;/h7-10,19H,5-6,11-17H2,1-4H3,(H,24,25);1H. The van der Waals surface area contributed by atoms with Gasteiger partial charge in [-0.1, -0.05) is 12.1 Å². The molecule has 2 saturated heterocycles. The van der Waals surface area contributed by atoms with Crippen molar-refractivity contribution in [3.8, 4) is 5.75 Å². The van der Waals surface area contributed by atoms with Crippen molar-refractivity contribution < 1.29 is 19.0 Å². The Hall–Kier alpha value is -1.59. The van der Waals surface area contributed by atoms with Crippen molar-refractivity contribution in [2.24, 2.45) is 10.9 Å². The minimum absolute atomic E-state index is 0. The Morgan fingerprint density at radius 1 is 1.28 bits per heavy atom. The molecule has 1 aromatic carbocycles. The normalized spacial score (nSPS) is 20.4. The van der Waals surface area contributed by atoms with E-state index in [0.717, 1.165) is 50.6 Å². The molecular formula is C23H37IN4O4. The van der Waals surface area contributed by atoms with Crippen LogP contribution in [-0.4, -0.2) is 88.1 Å². The molecule has 0 saturated carbocycles. The molecule has 1 amide bonds. The first-order valence-electron chi connectivity index (χ1n) is 11.1. The molecule has 9 heteroatoms. The van der Waals surface area contributed by atoms with Gasteiger partial charge in [-0.2, -0.15) is 0 Å². The summed E-state index contributed by atoms with van der Waals surface area (Å²) in [5, 5.41) is 3.48. The number of hydrogen-bond donors (Lipinski definition) is 1. The molecule has 32 heavy (non-hydrogen) atoms. The van der Waals surface area contributed by atoms with Crippen LogP contribution in [0, 0.1) is 5.92 Å². The Labute approximate surface area is 208 Å². The summed E-state index contributed by atoms with van der Waals surface area (Å²) in [5.41, 5.74) is 1.22. The number of carbonyl (C=O) groups excluding carboxylic acids is 1. The van der Waals surface area contributed by atoms with Crippen molar-refractivity contribution >= 4 is 35.8 Å². The lowest BCUT2D eigenvalue weighted by atomic mass is 9.90. The molecule has 1 aromatic rings. The highest BCUT2D eigenvalue weighted by atomic mass is 127. The summed E-state index contributed by atoms with van der Waals surface area (Å²) < 4.78 is 17.1. The molecule has 8 nitrogen and oxygen atoms in total. The van der Waals surface area contributed by atoms with E-state index in [9.17, 15) is 4.79 Å². The minimum atomic E-state index is -0.535. The fourth-order valence-electron chi connectivity index (χ4n) is 4.03. The second-order valence-electron chi connectivity index (χ2n) is 8.45. The van der Waals surface area contributed by atoms with Crippen LogP contribution in [0.1, 0.15) is 25.3 Å². The Kier molecular flexibility index (Phi) is 10.5. The molecular weight excluding hydrogens is 523 g/mol. The zero-order valence-corrected chi connectivity index (χ0v) is 22.0. The van der Waals surface area contributed by atoms with E-state index in [1.54, 1.807) is 26.1 Å². The predicted molar refractivity (Wildman–Crippen MR) is 136 cm³/mol. The van der Waals surface area contributed by atoms with Gasteiger partial charge in [-0.05, 0) is 43.9 Å². The number of likely N-dealkylation sites (tertiary alicyclic amines) is 1. The Bertz CT molecular complexity index is 751.